The number of hydrogen-bond donors (Lipinski definition) is 2. The Labute approximate surface area is 169 Å². The lowest BCUT2D eigenvalue weighted by Crippen LogP contribution is -2.27. The van der Waals surface area contributed by atoms with Crippen molar-refractivity contribution in [2.24, 2.45) is 9.98 Å². The molecule has 30 heavy (non-hydrogen) atoms. The maximum absolute atomic E-state index is 13.4. The summed E-state index contributed by atoms with van der Waals surface area (Å²) in [5.41, 5.74) is 1.24. The molecule has 0 aliphatic carbocycles. The van der Waals surface area contributed by atoms with Gasteiger partial charge < -0.3 is 9.97 Å². The summed E-state index contributed by atoms with van der Waals surface area (Å²) in [6, 6.07) is 22.1. The van der Waals surface area contributed by atoms with E-state index in [1.54, 1.807) is 24.5 Å². The van der Waals surface area contributed by atoms with Crippen LogP contribution in [0.5, 0.6) is 0 Å². The molecule has 5 rings (SSSR count). The molecular weight excluding hydrogens is 376 g/mol. The van der Waals surface area contributed by atoms with E-state index in [2.05, 4.69) is 20.0 Å². The van der Waals surface area contributed by atoms with Gasteiger partial charge in [-0.2, -0.15) is 0 Å². The van der Waals surface area contributed by atoms with Crippen molar-refractivity contribution in [3.8, 4) is 0 Å². The van der Waals surface area contributed by atoms with E-state index in [0.717, 1.165) is 0 Å². The Morgan fingerprint density at radius 2 is 0.933 bits per heavy atom. The monoisotopic (exact) mass is 392 g/mol. The fraction of sp³-hybridized carbons (Fsp3) is 0. The van der Waals surface area contributed by atoms with Crippen LogP contribution in [0.2, 0.25) is 0 Å². The number of para-hydroxylation sites is 2. The number of fused-ring (bicyclic) bond motifs is 2. The standard InChI is InChI=1S/C24H16N4O2/c29-23-19-17(27-15-7-3-1-4-8-15)11-12-18(28-16-9-5-2-6-10-16)20(19)24(30)22-21(23)25-13-14-26-22/h1-14,25-26H. The smallest absolute Gasteiger partial charge is 0.214 e. The summed E-state index contributed by atoms with van der Waals surface area (Å²) in [6.45, 7) is 0. The number of nitrogens with zero attached hydrogens (tertiary/aromatic N) is 2. The van der Waals surface area contributed by atoms with Crippen LogP contribution in [0, 0.1) is 0 Å². The van der Waals surface area contributed by atoms with Gasteiger partial charge in [0.2, 0.25) is 10.9 Å². The zero-order valence-electron chi connectivity index (χ0n) is 15.8. The molecule has 1 aromatic heterocycles. The van der Waals surface area contributed by atoms with E-state index in [9.17, 15) is 9.59 Å². The number of benzene rings is 4. The van der Waals surface area contributed by atoms with E-state index in [1.165, 1.54) is 0 Å². The highest BCUT2D eigenvalue weighted by molar-refractivity contribution is 5.94. The van der Waals surface area contributed by atoms with E-state index in [0.29, 0.717) is 22.1 Å². The van der Waals surface area contributed by atoms with Crippen molar-refractivity contribution in [3.63, 3.8) is 0 Å². The third-order valence-corrected chi connectivity index (χ3v) is 4.87. The Hall–Kier alpha value is -4.32. The number of aromatic amines is 2. The zero-order valence-corrected chi connectivity index (χ0v) is 15.8. The molecule has 0 atom stereocenters. The lowest BCUT2D eigenvalue weighted by molar-refractivity contribution is 1.26. The number of aromatic nitrogens is 2. The van der Waals surface area contributed by atoms with Gasteiger partial charge in [0.25, 0.3) is 0 Å². The highest BCUT2D eigenvalue weighted by Gasteiger charge is 2.14. The van der Waals surface area contributed by atoms with Gasteiger partial charge in [-0.25, -0.2) is 9.98 Å². The second-order valence-corrected chi connectivity index (χ2v) is 6.78. The molecule has 0 aliphatic heterocycles. The van der Waals surface area contributed by atoms with Gasteiger partial charge in [0.15, 0.2) is 0 Å². The molecule has 5 aromatic rings. The Bertz CT molecular complexity index is 1500. The largest absolute Gasteiger partial charge is 0.355 e. The minimum Gasteiger partial charge on any atom is -0.355 e. The molecule has 0 bridgehead atoms. The topological polar surface area (TPSA) is 90.4 Å². The van der Waals surface area contributed by atoms with E-state index < -0.39 is 0 Å². The molecule has 0 amide bonds. The zero-order chi connectivity index (χ0) is 20.5. The highest BCUT2D eigenvalue weighted by atomic mass is 16.1. The van der Waals surface area contributed by atoms with Crippen LogP contribution in [0.3, 0.4) is 0 Å². The van der Waals surface area contributed by atoms with Crippen LogP contribution >= 0.6 is 0 Å². The van der Waals surface area contributed by atoms with Crippen LogP contribution < -0.4 is 21.6 Å². The van der Waals surface area contributed by atoms with Crippen LogP contribution in [0.15, 0.2) is 105 Å². The van der Waals surface area contributed by atoms with Crippen LogP contribution in [-0.2, 0) is 0 Å². The Morgan fingerprint density at radius 1 is 0.533 bits per heavy atom. The van der Waals surface area contributed by atoms with Crippen molar-refractivity contribution in [2.45, 2.75) is 0 Å². The fourth-order valence-corrected chi connectivity index (χ4v) is 3.51. The molecule has 4 aromatic carbocycles. The first kappa shape index (κ1) is 17.8. The molecule has 6 heteroatoms. The molecule has 0 aliphatic rings. The van der Waals surface area contributed by atoms with Gasteiger partial charge in [-0.3, -0.25) is 9.59 Å². The maximum atomic E-state index is 13.4. The molecule has 144 valence electrons. The van der Waals surface area contributed by atoms with Crippen LogP contribution in [0.25, 0.3) is 21.8 Å². The first-order chi connectivity index (χ1) is 14.7. The average Bonchev–Trinajstić information content (AvgIpc) is 2.80. The van der Waals surface area contributed by atoms with Gasteiger partial charge in [-0.1, -0.05) is 36.4 Å². The normalized spacial score (nSPS) is 12.7. The summed E-state index contributed by atoms with van der Waals surface area (Å²) in [6.07, 6.45) is 3.17. The average molecular weight is 392 g/mol. The summed E-state index contributed by atoms with van der Waals surface area (Å²) >= 11 is 0. The van der Waals surface area contributed by atoms with E-state index >= 15 is 0 Å². The molecular formula is C24H16N4O2. The van der Waals surface area contributed by atoms with Gasteiger partial charge in [0.1, 0.15) is 11.0 Å². The second kappa shape index (κ2) is 7.25. The third kappa shape index (κ3) is 3.00. The molecule has 0 radical (unpaired) electrons. The van der Waals surface area contributed by atoms with Crippen molar-refractivity contribution in [1.82, 2.24) is 9.97 Å². The van der Waals surface area contributed by atoms with E-state index in [-0.39, 0.29) is 32.7 Å². The minimum absolute atomic E-state index is 0.219. The first-order valence-electron chi connectivity index (χ1n) is 9.45. The van der Waals surface area contributed by atoms with Gasteiger partial charge in [-0.15, -0.1) is 0 Å². The summed E-state index contributed by atoms with van der Waals surface area (Å²) in [5.74, 6) is 0. The molecule has 0 spiro atoms. The van der Waals surface area contributed by atoms with E-state index in [4.69, 9.17) is 0 Å². The number of H-pyrrole nitrogens is 2. The third-order valence-electron chi connectivity index (χ3n) is 4.87. The first-order valence-corrected chi connectivity index (χ1v) is 9.45. The second-order valence-electron chi connectivity index (χ2n) is 6.78. The summed E-state index contributed by atoms with van der Waals surface area (Å²) in [4.78, 5) is 41.8. The number of hydrogen-bond acceptors (Lipinski definition) is 4. The molecule has 0 saturated carbocycles. The highest BCUT2D eigenvalue weighted by Crippen LogP contribution is 2.12. The Morgan fingerprint density at radius 3 is 1.33 bits per heavy atom. The van der Waals surface area contributed by atoms with Crippen LogP contribution in [0.4, 0.5) is 11.4 Å². The summed E-state index contributed by atoms with van der Waals surface area (Å²) in [5, 5.41) is 1.38. The van der Waals surface area contributed by atoms with Gasteiger partial charge in [0.05, 0.1) is 32.9 Å². The fourth-order valence-electron chi connectivity index (χ4n) is 3.51. The lowest BCUT2D eigenvalue weighted by Gasteiger charge is -2.03. The maximum Gasteiger partial charge on any atom is 0.214 e. The van der Waals surface area contributed by atoms with Crippen LogP contribution in [-0.4, -0.2) is 9.97 Å². The van der Waals surface area contributed by atoms with Gasteiger partial charge in [-0.05, 0) is 36.4 Å². The van der Waals surface area contributed by atoms with Gasteiger partial charge in [0, 0.05) is 12.4 Å². The Balaban J connectivity index is 2.00. The molecule has 0 unspecified atom stereocenters. The Kier molecular flexibility index (Phi) is 4.29. The van der Waals surface area contributed by atoms with Crippen molar-refractivity contribution < 1.29 is 0 Å². The van der Waals surface area contributed by atoms with Crippen molar-refractivity contribution in [1.29, 1.82) is 0 Å². The molecule has 1 heterocycles. The SMILES string of the molecule is O=c1c2[nH]cc[nH]c2c(=O)c2c(=Nc3ccccc3)ccc(=Nc3ccccc3)c12. The minimum atomic E-state index is -0.295. The quantitative estimate of drug-likeness (QED) is 0.452. The van der Waals surface area contributed by atoms with Crippen molar-refractivity contribution >= 4 is 33.2 Å². The van der Waals surface area contributed by atoms with Crippen LogP contribution in [0.1, 0.15) is 0 Å². The molecule has 6 nitrogen and oxygen atoms in total. The van der Waals surface area contributed by atoms with Crippen molar-refractivity contribution in [3.05, 3.63) is 116 Å². The summed E-state index contributed by atoms with van der Waals surface area (Å²) < 4.78 is 0. The number of rotatable bonds is 2. The van der Waals surface area contributed by atoms with E-state index in [1.807, 2.05) is 60.7 Å². The summed E-state index contributed by atoms with van der Waals surface area (Å²) in [7, 11) is 0. The molecule has 0 fully saturated rings. The number of nitrogens with one attached hydrogen (secondary N) is 2. The van der Waals surface area contributed by atoms with Crippen molar-refractivity contribution in [2.75, 3.05) is 0 Å². The predicted molar refractivity (Wildman–Crippen MR) is 117 cm³/mol. The molecule has 2 N–H and O–H groups in total. The predicted octanol–water partition coefficient (Wildman–Crippen LogP) is 3.27. The molecule has 0 saturated heterocycles. The van der Waals surface area contributed by atoms with Gasteiger partial charge >= 0.3 is 0 Å². The lowest BCUT2D eigenvalue weighted by atomic mass is 10.1.